The van der Waals surface area contributed by atoms with Crippen molar-refractivity contribution in [1.29, 1.82) is 0 Å². The first kappa shape index (κ1) is 16.3. The molecule has 3 atom stereocenters. The van der Waals surface area contributed by atoms with Crippen LogP contribution in [-0.2, 0) is 0 Å². The van der Waals surface area contributed by atoms with Crippen molar-refractivity contribution in [2.45, 2.75) is 46.1 Å². The first-order valence-electron chi connectivity index (χ1n) is 7.58. The molecule has 0 radical (unpaired) electrons. The summed E-state index contributed by atoms with van der Waals surface area (Å²) in [7, 11) is 0. The molecule has 0 bridgehead atoms. The molecule has 0 amide bonds. The summed E-state index contributed by atoms with van der Waals surface area (Å²) in [5.74, 6) is 1.66. The highest BCUT2D eigenvalue weighted by molar-refractivity contribution is 9.10. The van der Waals surface area contributed by atoms with Crippen molar-refractivity contribution in [2.24, 2.45) is 17.8 Å². The minimum absolute atomic E-state index is 0.209. The summed E-state index contributed by atoms with van der Waals surface area (Å²) in [6.45, 7) is 6.77. The van der Waals surface area contributed by atoms with E-state index in [4.69, 9.17) is 9.84 Å². The standard InChI is InChI=1S/C17H23BrO3/c1-10(2)13-6-4-11(3)8-16(13)21-15-7-5-12(17(19)20)9-14(15)18/h5,7,9-11,13,16H,4,6,8H2,1-3H3,(H,19,20). The molecule has 1 aliphatic rings. The van der Waals surface area contributed by atoms with Crippen LogP contribution < -0.4 is 4.74 Å². The lowest BCUT2D eigenvalue weighted by atomic mass is 9.75. The SMILES string of the molecule is CC1CCC(C(C)C)C(Oc2ccc(C(=O)O)cc2Br)C1. The molecule has 0 saturated heterocycles. The van der Waals surface area contributed by atoms with Gasteiger partial charge in [0.25, 0.3) is 0 Å². The minimum Gasteiger partial charge on any atom is -0.489 e. The zero-order valence-corrected chi connectivity index (χ0v) is 14.4. The van der Waals surface area contributed by atoms with Gasteiger partial charge in [0.15, 0.2) is 0 Å². The van der Waals surface area contributed by atoms with E-state index in [1.54, 1.807) is 18.2 Å². The Morgan fingerprint density at radius 1 is 1.38 bits per heavy atom. The maximum absolute atomic E-state index is 11.0. The molecule has 1 aromatic carbocycles. The average molecular weight is 355 g/mol. The van der Waals surface area contributed by atoms with Crippen LogP contribution in [0.3, 0.4) is 0 Å². The average Bonchev–Trinajstić information content (AvgIpc) is 2.40. The van der Waals surface area contributed by atoms with E-state index in [0.29, 0.717) is 22.2 Å². The first-order chi connectivity index (χ1) is 9.88. The number of aromatic carboxylic acids is 1. The highest BCUT2D eigenvalue weighted by Gasteiger charge is 2.32. The second-order valence-corrected chi connectivity index (χ2v) is 7.29. The maximum atomic E-state index is 11.0. The second-order valence-electron chi connectivity index (χ2n) is 6.43. The summed E-state index contributed by atoms with van der Waals surface area (Å²) < 4.78 is 6.94. The van der Waals surface area contributed by atoms with Gasteiger partial charge >= 0.3 is 5.97 Å². The van der Waals surface area contributed by atoms with Gasteiger partial charge in [-0.25, -0.2) is 4.79 Å². The molecule has 4 heteroatoms. The third kappa shape index (κ3) is 4.00. The fourth-order valence-corrected chi connectivity index (χ4v) is 3.61. The number of halogens is 1. The predicted molar refractivity (Wildman–Crippen MR) is 86.9 cm³/mol. The summed E-state index contributed by atoms with van der Waals surface area (Å²) in [4.78, 5) is 11.0. The third-order valence-electron chi connectivity index (χ3n) is 4.42. The molecule has 0 spiro atoms. The maximum Gasteiger partial charge on any atom is 0.335 e. The molecule has 1 aromatic rings. The number of rotatable bonds is 4. The lowest BCUT2D eigenvalue weighted by Crippen LogP contribution is -2.36. The molecule has 0 aromatic heterocycles. The number of carbonyl (C=O) groups is 1. The van der Waals surface area contributed by atoms with Crippen LogP contribution in [0.2, 0.25) is 0 Å². The molecule has 1 N–H and O–H groups in total. The van der Waals surface area contributed by atoms with E-state index in [-0.39, 0.29) is 11.7 Å². The number of carboxylic acid groups (broad SMARTS) is 1. The number of hydrogen-bond acceptors (Lipinski definition) is 2. The minimum atomic E-state index is -0.923. The Kier molecular flexibility index (Phi) is 5.31. The largest absolute Gasteiger partial charge is 0.489 e. The van der Waals surface area contributed by atoms with Crippen LogP contribution in [0.1, 0.15) is 50.4 Å². The molecular formula is C17H23BrO3. The van der Waals surface area contributed by atoms with E-state index in [1.807, 2.05) is 0 Å². The van der Waals surface area contributed by atoms with Gasteiger partial charge in [0.1, 0.15) is 11.9 Å². The summed E-state index contributed by atoms with van der Waals surface area (Å²) in [6.07, 6.45) is 3.74. The molecule has 1 aliphatic carbocycles. The van der Waals surface area contributed by atoms with Gasteiger partial charge in [0, 0.05) is 0 Å². The van der Waals surface area contributed by atoms with Gasteiger partial charge in [-0.3, -0.25) is 0 Å². The van der Waals surface area contributed by atoms with Crippen LogP contribution in [0.4, 0.5) is 0 Å². The molecule has 3 unspecified atom stereocenters. The zero-order valence-electron chi connectivity index (χ0n) is 12.8. The molecule has 1 fully saturated rings. The van der Waals surface area contributed by atoms with E-state index >= 15 is 0 Å². The predicted octanol–water partition coefficient (Wildman–Crippen LogP) is 4.99. The van der Waals surface area contributed by atoms with E-state index in [9.17, 15) is 4.79 Å². The molecule has 0 aliphatic heterocycles. The highest BCUT2D eigenvalue weighted by Crippen LogP contribution is 2.37. The van der Waals surface area contributed by atoms with Crippen molar-refractivity contribution in [3.05, 3.63) is 28.2 Å². The molecule has 116 valence electrons. The fraction of sp³-hybridized carbons (Fsp3) is 0.588. The molecule has 21 heavy (non-hydrogen) atoms. The van der Waals surface area contributed by atoms with Crippen molar-refractivity contribution in [2.75, 3.05) is 0 Å². The topological polar surface area (TPSA) is 46.5 Å². The summed E-state index contributed by atoms with van der Waals surface area (Å²) in [6, 6.07) is 4.96. The smallest absolute Gasteiger partial charge is 0.335 e. The fourth-order valence-electron chi connectivity index (χ4n) is 3.14. The van der Waals surface area contributed by atoms with E-state index in [1.165, 1.54) is 12.8 Å². The zero-order chi connectivity index (χ0) is 15.6. The van der Waals surface area contributed by atoms with Gasteiger partial charge in [0.2, 0.25) is 0 Å². The summed E-state index contributed by atoms with van der Waals surface area (Å²) in [5, 5.41) is 9.01. The van der Waals surface area contributed by atoms with Crippen molar-refractivity contribution in [3.8, 4) is 5.75 Å². The van der Waals surface area contributed by atoms with Gasteiger partial charge in [-0.2, -0.15) is 0 Å². The Morgan fingerprint density at radius 3 is 2.67 bits per heavy atom. The lowest BCUT2D eigenvalue weighted by molar-refractivity contribution is 0.0454. The van der Waals surface area contributed by atoms with Crippen LogP contribution in [0.25, 0.3) is 0 Å². The molecule has 0 heterocycles. The van der Waals surface area contributed by atoms with Crippen LogP contribution >= 0.6 is 15.9 Å². The lowest BCUT2D eigenvalue weighted by Gasteiger charge is -2.37. The van der Waals surface area contributed by atoms with Gasteiger partial charge in [-0.1, -0.05) is 27.2 Å². The van der Waals surface area contributed by atoms with Crippen LogP contribution in [0.15, 0.2) is 22.7 Å². The van der Waals surface area contributed by atoms with Crippen molar-refractivity contribution in [1.82, 2.24) is 0 Å². The molecular weight excluding hydrogens is 332 g/mol. The number of carboxylic acids is 1. The third-order valence-corrected chi connectivity index (χ3v) is 5.04. The second kappa shape index (κ2) is 6.82. The first-order valence-corrected chi connectivity index (χ1v) is 8.37. The number of benzene rings is 1. The Labute approximate surface area is 134 Å². The van der Waals surface area contributed by atoms with Crippen LogP contribution in [0.5, 0.6) is 5.75 Å². The van der Waals surface area contributed by atoms with Gasteiger partial charge in [-0.05, 0) is 64.7 Å². The van der Waals surface area contributed by atoms with E-state index in [2.05, 4.69) is 36.7 Å². The van der Waals surface area contributed by atoms with Gasteiger partial charge in [0.05, 0.1) is 10.0 Å². The van der Waals surface area contributed by atoms with Crippen LogP contribution in [0, 0.1) is 17.8 Å². The Morgan fingerprint density at radius 2 is 2.10 bits per heavy atom. The highest BCUT2D eigenvalue weighted by atomic mass is 79.9. The van der Waals surface area contributed by atoms with Gasteiger partial charge < -0.3 is 9.84 Å². The summed E-state index contributed by atoms with van der Waals surface area (Å²) >= 11 is 3.43. The van der Waals surface area contributed by atoms with Crippen LogP contribution in [-0.4, -0.2) is 17.2 Å². The Hall–Kier alpha value is -1.03. The summed E-state index contributed by atoms with van der Waals surface area (Å²) in [5.41, 5.74) is 0.270. The van der Waals surface area contributed by atoms with Crippen molar-refractivity contribution >= 4 is 21.9 Å². The quantitative estimate of drug-likeness (QED) is 0.828. The van der Waals surface area contributed by atoms with E-state index in [0.717, 1.165) is 12.2 Å². The normalized spacial score (nSPS) is 25.9. The Bertz CT molecular complexity index is 513. The molecule has 2 rings (SSSR count). The van der Waals surface area contributed by atoms with E-state index < -0.39 is 5.97 Å². The molecule has 3 nitrogen and oxygen atoms in total. The number of hydrogen-bond donors (Lipinski definition) is 1. The Balaban J connectivity index is 2.16. The number of ether oxygens (including phenoxy) is 1. The van der Waals surface area contributed by atoms with Crippen molar-refractivity contribution in [3.63, 3.8) is 0 Å². The monoisotopic (exact) mass is 354 g/mol. The molecule has 1 saturated carbocycles. The van der Waals surface area contributed by atoms with Crippen molar-refractivity contribution < 1.29 is 14.6 Å². The van der Waals surface area contributed by atoms with Gasteiger partial charge in [-0.15, -0.1) is 0 Å².